The second-order valence-corrected chi connectivity index (χ2v) is 4.35. The Bertz CT molecular complexity index is 403. The first-order valence-corrected chi connectivity index (χ1v) is 5.86. The maximum absolute atomic E-state index is 11.9. The summed E-state index contributed by atoms with van der Waals surface area (Å²) in [6.07, 6.45) is 1.24. The fourth-order valence-electron chi connectivity index (χ4n) is 2.20. The lowest BCUT2D eigenvalue weighted by Crippen LogP contribution is -2.36. The van der Waals surface area contributed by atoms with Gasteiger partial charge in [-0.25, -0.2) is 4.79 Å². The number of fused-ring (bicyclic) bond motifs is 2. The zero-order chi connectivity index (χ0) is 11.7. The van der Waals surface area contributed by atoms with Crippen molar-refractivity contribution in [2.24, 2.45) is 0 Å². The number of benzene rings is 1. The quantitative estimate of drug-likeness (QED) is 0.731. The van der Waals surface area contributed by atoms with E-state index in [1.165, 1.54) is 0 Å². The zero-order valence-electron chi connectivity index (χ0n) is 9.37. The Hall–Kier alpha value is -1.39. The summed E-state index contributed by atoms with van der Waals surface area (Å²) >= 11 is 0. The number of hydrogen-bond donors (Lipinski definition) is 0. The van der Waals surface area contributed by atoms with Crippen molar-refractivity contribution in [2.75, 3.05) is 6.61 Å². The lowest BCUT2D eigenvalue weighted by molar-refractivity contribution is -0.155. The third kappa shape index (κ3) is 2.18. The molecule has 0 radical (unpaired) electrons. The number of rotatable bonds is 2. The van der Waals surface area contributed by atoms with Crippen molar-refractivity contribution in [1.29, 1.82) is 0 Å². The molecule has 0 saturated carbocycles. The van der Waals surface area contributed by atoms with Crippen LogP contribution in [-0.4, -0.2) is 31.1 Å². The summed E-state index contributed by atoms with van der Waals surface area (Å²) in [5.74, 6) is -0.312. The first kappa shape index (κ1) is 10.7. The summed E-state index contributed by atoms with van der Waals surface area (Å²) in [7, 11) is 0. The zero-order valence-corrected chi connectivity index (χ0v) is 9.37. The molecule has 0 spiro atoms. The molecule has 3 unspecified atom stereocenters. The molecular formula is C13H14O4. The van der Waals surface area contributed by atoms with E-state index in [9.17, 15) is 4.79 Å². The van der Waals surface area contributed by atoms with Crippen molar-refractivity contribution in [3.63, 3.8) is 0 Å². The van der Waals surface area contributed by atoms with E-state index in [0.29, 0.717) is 12.2 Å². The lowest BCUT2D eigenvalue weighted by Gasteiger charge is -2.26. The molecule has 1 aromatic carbocycles. The fourth-order valence-corrected chi connectivity index (χ4v) is 2.20. The summed E-state index contributed by atoms with van der Waals surface area (Å²) in [6, 6.07) is 8.98. The molecule has 2 heterocycles. The molecule has 0 amide bonds. The van der Waals surface area contributed by atoms with Crippen LogP contribution in [0.25, 0.3) is 0 Å². The Labute approximate surface area is 99.5 Å². The average Bonchev–Trinajstić information content (AvgIpc) is 2.77. The topological polar surface area (TPSA) is 44.8 Å². The third-order valence-corrected chi connectivity index (χ3v) is 3.12. The Morgan fingerprint density at radius 1 is 1.24 bits per heavy atom. The van der Waals surface area contributed by atoms with Crippen molar-refractivity contribution in [3.8, 4) is 0 Å². The van der Waals surface area contributed by atoms with Crippen LogP contribution in [0.2, 0.25) is 0 Å². The first-order chi connectivity index (χ1) is 8.33. The van der Waals surface area contributed by atoms with Crippen LogP contribution in [0.15, 0.2) is 30.3 Å². The molecule has 1 aromatic rings. The van der Waals surface area contributed by atoms with Crippen LogP contribution in [0.4, 0.5) is 0 Å². The smallest absolute Gasteiger partial charge is 0.338 e. The molecule has 17 heavy (non-hydrogen) atoms. The van der Waals surface area contributed by atoms with Gasteiger partial charge in [0.2, 0.25) is 0 Å². The highest BCUT2D eigenvalue weighted by atomic mass is 16.7. The SMILES string of the molecule is O=C(OC1CCC2COC1O2)c1ccccc1. The monoisotopic (exact) mass is 234 g/mol. The van der Waals surface area contributed by atoms with E-state index >= 15 is 0 Å². The van der Waals surface area contributed by atoms with Crippen molar-refractivity contribution < 1.29 is 19.0 Å². The second kappa shape index (κ2) is 4.47. The molecular weight excluding hydrogens is 220 g/mol. The summed E-state index contributed by atoms with van der Waals surface area (Å²) in [4.78, 5) is 11.9. The summed E-state index contributed by atoms with van der Waals surface area (Å²) in [6.45, 7) is 0.615. The minimum absolute atomic E-state index is 0.187. The van der Waals surface area contributed by atoms with Gasteiger partial charge in [-0.05, 0) is 25.0 Å². The van der Waals surface area contributed by atoms with Crippen LogP contribution in [0.1, 0.15) is 23.2 Å². The molecule has 3 atom stereocenters. The van der Waals surface area contributed by atoms with E-state index in [4.69, 9.17) is 14.2 Å². The largest absolute Gasteiger partial charge is 0.453 e. The van der Waals surface area contributed by atoms with E-state index in [-0.39, 0.29) is 24.5 Å². The van der Waals surface area contributed by atoms with E-state index in [1.807, 2.05) is 18.2 Å². The molecule has 2 saturated heterocycles. The molecule has 90 valence electrons. The van der Waals surface area contributed by atoms with Crippen molar-refractivity contribution in [3.05, 3.63) is 35.9 Å². The van der Waals surface area contributed by atoms with Crippen molar-refractivity contribution >= 4 is 5.97 Å². The molecule has 2 fully saturated rings. The number of hydrogen-bond acceptors (Lipinski definition) is 4. The second-order valence-electron chi connectivity index (χ2n) is 4.35. The molecule has 2 aliphatic rings. The number of esters is 1. The Kier molecular flexibility index (Phi) is 2.82. The maximum atomic E-state index is 11.9. The van der Waals surface area contributed by atoms with Gasteiger partial charge in [-0.3, -0.25) is 0 Å². The van der Waals surface area contributed by atoms with E-state index in [0.717, 1.165) is 12.8 Å². The third-order valence-electron chi connectivity index (χ3n) is 3.12. The summed E-state index contributed by atoms with van der Waals surface area (Å²) in [5.41, 5.74) is 0.563. The number of carbonyl (C=O) groups excluding carboxylic acids is 1. The van der Waals surface area contributed by atoms with E-state index in [1.54, 1.807) is 12.1 Å². The van der Waals surface area contributed by atoms with Gasteiger partial charge in [0.15, 0.2) is 12.4 Å². The normalized spacial score (nSPS) is 31.2. The van der Waals surface area contributed by atoms with Gasteiger partial charge in [0.05, 0.1) is 18.3 Å². The number of ether oxygens (including phenoxy) is 3. The predicted octanol–water partition coefficient (Wildman–Crippen LogP) is 1.75. The first-order valence-electron chi connectivity index (χ1n) is 5.86. The summed E-state index contributed by atoms with van der Waals surface area (Å²) in [5, 5.41) is 0. The van der Waals surface area contributed by atoms with Gasteiger partial charge in [-0.2, -0.15) is 0 Å². The highest BCUT2D eigenvalue weighted by Crippen LogP contribution is 2.29. The number of carbonyl (C=O) groups is 1. The van der Waals surface area contributed by atoms with Gasteiger partial charge in [-0.1, -0.05) is 18.2 Å². The molecule has 4 heteroatoms. The molecule has 0 aromatic heterocycles. The Morgan fingerprint density at radius 2 is 2.06 bits per heavy atom. The van der Waals surface area contributed by atoms with Crippen molar-refractivity contribution in [1.82, 2.24) is 0 Å². The van der Waals surface area contributed by atoms with Crippen LogP contribution in [0.5, 0.6) is 0 Å². The minimum Gasteiger partial charge on any atom is -0.453 e. The van der Waals surface area contributed by atoms with Crippen LogP contribution < -0.4 is 0 Å². The molecule has 3 rings (SSSR count). The summed E-state index contributed by atoms with van der Waals surface area (Å²) < 4.78 is 16.4. The highest BCUT2D eigenvalue weighted by molar-refractivity contribution is 5.89. The standard InChI is InChI=1S/C13H14O4/c14-12(9-4-2-1-3-5-9)17-11-7-6-10-8-15-13(11)16-10/h1-5,10-11,13H,6-8H2. The van der Waals surface area contributed by atoms with Gasteiger partial charge in [0.1, 0.15) is 0 Å². The molecule has 4 nitrogen and oxygen atoms in total. The van der Waals surface area contributed by atoms with Crippen molar-refractivity contribution in [2.45, 2.75) is 31.3 Å². The van der Waals surface area contributed by atoms with E-state index in [2.05, 4.69) is 0 Å². The van der Waals surface area contributed by atoms with Gasteiger partial charge in [0.25, 0.3) is 0 Å². The van der Waals surface area contributed by atoms with Crippen LogP contribution in [0.3, 0.4) is 0 Å². The Morgan fingerprint density at radius 3 is 2.88 bits per heavy atom. The van der Waals surface area contributed by atoms with Crippen LogP contribution in [0, 0.1) is 0 Å². The minimum atomic E-state index is -0.374. The molecule has 2 aliphatic heterocycles. The van der Waals surface area contributed by atoms with Crippen LogP contribution in [-0.2, 0) is 14.2 Å². The Balaban J connectivity index is 1.65. The predicted molar refractivity (Wildman–Crippen MR) is 59.5 cm³/mol. The van der Waals surface area contributed by atoms with Gasteiger partial charge in [-0.15, -0.1) is 0 Å². The molecule has 2 bridgehead atoms. The van der Waals surface area contributed by atoms with Gasteiger partial charge >= 0.3 is 5.97 Å². The molecule has 0 aliphatic carbocycles. The van der Waals surface area contributed by atoms with Crippen LogP contribution >= 0.6 is 0 Å². The average molecular weight is 234 g/mol. The lowest BCUT2D eigenvalue weighted by atomic mass is 10.1. The fraction of sp³-hybridized carbons (Fsp3) is 0.462. The van der Waals surface area contributed by atoms with E-state index < -0.39 is 0 Å². The van der Waals surface area contributed by atoms with Gasteiger partial charge in [0, 0.05) is 0 Å². The highest BCUT2D eigenvalue weighted by Gasteiger charge is 2.40. The molecule has 0 N–H and O–H groups in total. The maximum Gasteiger partial charge on any atom is 0.338 e. The van der Waals surface area contributed by atoms with Gasteiger partial charge < -0.3 is 14.2 Å².